The van der Waals surface area contributed by atoms with Crippen molar-refractivity contribution in [2.75, 3.05) is 18.5 Å². The molecule has 110 valence electrons. The van der Waals surface area contributed by atoms with Crippen LogP contribution in [0, 0.1) is 5.41 Å². The molecule has 3 N–H and O–H groups in total. The highest BCUT2D eigenvalue weighted by Crippen LogP contribution is 2.36. The Morgan fingerprint density at radius 3 is 2.25 bits per heavy atom. The van der Waals surface area contributed by atoms with Crippen molar-refractivity contribution in [3.05, 3.63) is 24.3 Å². The summed E-state index contributed by atoms with van der Waals surface area (Å²) in [7, 11) is 1.79. The van der Waals surface area contributed by atoms with Crippen LogP contribution in [-0.4, -0.2) is 24.6 Å². The second-order valence-electron chi connectivity index (χ2n) is 5.78. The topological polar surface area (TPSA) is 66.6 Å². The molecule has 1 aromatic carbocycles. The van der Waals surface area contributed by atoms with E-state index in [1.54, 1.807) is 36.2 Å². The second-order valence-corrected chi connectivity index (χ2v) is 5.78. The van der Waals surface area contributed by atoms with Crippen molar-refractivity contribution in [3.63, 3.8) is 0 Å². The summed E-state index contributed by atoms with van der Waals surface area (Å²) in [5.41, 5.74) is 6.34. The number of phenolic OH excluding ortho intramolecular Hbond substituents is 1. The average molecular weight is 276 g/mol. The van der Waals surface area contributed by atoms with Crippen LogP contribution in [0.1, 0.15) is 38.5 Å². The largest absolute Gasteiger partial charge is 0.508 e. The lowest BCUT2D eigenvalue weighted by molar-refractivity contribution is -0.128. The molecular weight excluding hydrogens is 252 g/mol. The lowest BCUT2D eigenvalue weighted by Gasteiger charge is -2.34. The minimum absolute atomic E-state index is 0.104. The molecule has 1 aromatic rings. The third kappa shape index (κ3) is 2.96. The van der Waals surface area contributed by atoms with Gasteiger partial charge in [0.2, 0.25) is 5.91 Å². The van der Waals surface area contributed by atoms with Crippen LogP contribution in [0.3, 0.4) is 0 Å². The molecule has 1 aliphatic rings. The number of carbonyl (C=O) groups excluding carboxylic acids is 1. The molecule has 1 aliphatic carbocycles. The number of phenols is 1. The Kier molecular flexibility index (Phi) is 4.65. The van der Waals surface area contributed by atoms with E-state index < -0.39 is 5.41 Å². The lowest BCUT2D eigenvalue weighted by atomic mass is 9.79. The van der Waals surface area contributed by atoms with Crippen LogP contribution < -0.4 is 10.6 Å². The summed E-state index contributed by atoms with van der Waals surface area (Å²) in [6, 6.07) is 6.71. The maximum Gasteiger partial charge on any atom is 0.234 e. The van der Waals surface area contributed by atoms with E-state index in [4.69, 9.17) is 5.73 Å². The summed E-state index contributed by atoms with van der Waals surface area (Å²) in [6.45, 7) is 0.411. The van der Waals surface area contributed by atoms with Crippen LogP contribution in [0.4, 0.5) is 5.69 Å². The van der Waals surface area contributed by atoms with Gasteiger partial charge in [-0.1, -0.05) is 25.7 Å². The summed E-state index contributed by atoms with van der Waals surface area (Å²) in [4.78, 5) is 14.6. The van der Waals surface area contributed by atoms with Crippen LogP contribution in [0.15, 0.2) is 24.3 Å². The van der Waals surface area contributed by atoms with E-state index >= 15 is 0 Å². The SMILES string of the molecule is CN(C(=O)C1(CN)CCCCCC1)c1ccc(O)cc1. The highest BCUT2D eigenvalue weighted by molar-refractivity contribution is 5.97. The van der Waals surface area contributed by atoms with Crippen molar-refractivity contribution in [2.45, 2.75) is 38.5 Å². The van der Waals surface area contributed by atoms with Crippen molar-refractivity contribution in [2.24, 2.45) is 11.1 Å². The fourth-order valence-corrected chi connectivity index (χ4v) is 3.06. The Balaban J connectivity index is 2.20. The monoisotopic (exact) mass is 276 g/mol. The molecule has 2 rings (SSSR count). The lowest BCUT2D eigenvalue weighted by Crippen LogP contribution is -2.46. The quantitative estimate of drug-likeness (QED) is 0.834. The molecule has 0 heterocycles. The molecule has 0 unspecified atom stereocenters. The van der Waals surface area contributed by atoms with Crippen LogP contribution in [-0.2, 0) is 4.79 Å². The number of rotatable bonds is 3. The van der Waals surface area contributed by atoms with Crippen LogP contribution >= 0.6 is 0 Å². The normalized spacial score (nSPS) is 18.3. The van der Waals surface area contributed by atoms with Gasteiger partial charge in [-0.25, -0.2) is 0 Å². The van der Waals surface area contributed by atoms with Crippen molar-refractivity contribution >= 4 is 11.6 Å². The van der Waals surface area contributed by atoms with Crippen molar-refractivity contribution in [3.8, 4) is 5.75 Å². The van der Waals surface area contributed by atoms with E-state index in [1.807, 2.05) is 0 Å². The van der Waals surface area contributed by atoms with E-state index in [1.165, 1.54) is 12.8 Å². The number of aromatic hydroxyl groups is 1. The summed E-state index contributed by atoms with van der Waals surface area (Å²) in [5.74, 6) is 0.310. The Bertz CT molecular complexity index is 448. The van der Waals surface area contributed by atoms with Crippen LogP contribution in [0.5, 0.6) is 5.75 Å². The molecule has 0 aromatic heterocycles. The second kappa shape index (κ2) is 6.27. The number of benzene rings is 1. The van der Waals surface area contributed by atoms with E-state index in [9.17, 15) is 9.90 Å². The average Bonchev–Trinajstić information content (AvgIpc) is 2.73. The van der Waals surface area contributed by atoms with Crippen molar-refractivity contribution in [1.29, 1.82) is 0 Å². The van der Waals surface area contributed by atoms with Gasteiger partial charge < -0.3 is 15.7 Å². The standard InChI is InChI=1S/C16H24N2O2/c1-18(13-6-8-14(19)9-7-13)15(20)16(12-17)10-4-2-3-5-11-16/h6-9,19H,2-5,10-12,17H2,1H3. The Morgan fingerprint density at radius 1 is 1.20 bits per heavy atom. The minimum Gasteiger partial charge on any atom is -0.508 e. The summed E-state index contributed by atoms with van der Waals surface area (Å²) < 4.78 is 0. The molecule has 1 saturated carbocycles. The van der Waals surface area contributed by atoms with E-state index in [2.05, 4.69) is 0 Å². The molecular formula is C16H24N2O2. The molecule has 1 fully saturated rings. The van der Waals surface area contributed by atoms with Gasteiger partial charge in [0.15, 0.2) is 0 Å². The first-order valence-corrected chi connectivity index (χ1v) is 7.36. The van der Waals surface area contributed by atoms with Gasteiger partial charge in [-0.15, -0.1) is 0 Å². The number of hydrogen-bond acceptors (Lipinski definition) is 3. The van der Waals surface area contributed by atoms with Gasteiger partial charge in [0.1, 0.15) is 5.75 Å². The minimum atomic E-state index is -0.414. The first-order chi connectivity index (χ1) is 9.59. The zero-order valence-electron chi connectivity index (χ0n) is 12.1. The summed E-state index contributed by atoms with van der Waals surface area (Å²) in [6.07, 6.45) is 6.30. The van der Waals surface area contributed by atoms with E-state index in [-0.39, 0.29) is 11.7 Å². The number of nitrogens with two attached hydrogens (primary N) is 1. The Labute approximate surface area is 120 Å². The molecule has 0 aliphatic heterocycles. The van der Waals surface area contributed by atoms with Gasteiger partial charge in [-0.05, 0) is 37.1 Å². The van der Waals surface area contributed by atoms with E-state index in [0.717, 1.165) is 31.4 Å². The van der Waals surface area contributed by atoms with E-state index in [0.29, 0.717) is 6.54 Å². The predicted molar refractivity (Wildman–Crippen MR) is 80.7 cm³/mol. The molecule has 0 bridgehead atoms. The predicted octanol–water partition coefficient (Wildman–Crippen LogP) is 2.65. The molecule has 1 amide bonds. The molecule has 4 heteroatoms. The molecule has 0 radical (unpaired) electrons. The maximum absolute atomic E-state index is 12.9. The molecule has 0 atom stereocenters. The number of carbonyl (C=O) groups is 1. The van der Waals surface area contributed by atoms with Gasteiger partial charge in [-0.3, -0.25) is 4.79 Å². The Hall–Kier alpha value is -1.55. The maximum atomic E-state index is 12.9. The van der Waals surface area contributed by atoms with Gasteiger partial charge in [0, 0.05) is 19.3 Å². The molecule has 0 saturated heterocycles. The third-order valence-corrected chi connectivity index (χ3v) is 4.45. The number of amides is 1. The van der Waals surface area contributed by atoms with Gasteiger partial charge in [-0.2, -0.15) is 0 Å². The number of hydrogen-bond donors (Lipinski definition) is 2. The Morgan fingerprint density at radius 2 is 1.75 bits per heavy atom. The number of nitrogens with zero attached hydrogens (tertiary/aromatic N) is 1. The smallest absolute Gasteiger partial charge is 0.234 e. The zero-order chi connectivity index (χ0) is 14.6. The fourth-order valence-electron chi connectivity index (χ4n) is 3.06. The molecule has 20 heavy (non-hydrogen) atoms. The first-order valence-electron chi connectivity index (χ1n) is 7.36. The number of anilines is 1. The van der Waals surface area contributed by atoms with Crippen LogP contribution in [0.2, 0.25) is 0 Å². The molecule has 0 spiro atoms. The van der Waals surface area contributed by atoms with Crippen molar-refractivity contribution in [1.82, 2.24) is 0 Å². The summed E-state index contributed by atoms with van der Waals surface area (Å²) in [5, 5.41) is 9.34. The van der Waals surface area contributed by atoms with Gasteiger partial charge in [0.05, 0.1) is 5.41 Å². The molecule has 4 nitrogen and oxygen atoms in total. The third-order valence-electron chi connectivity index (χ3n) is 4.45. The summed E-state index contributed by atoms with van der Waals surface area (Å²) >= 11 is 0. The van der Waals surface area contributed by atoms with Crippen molar-refractivity contribution < 1.29 is 9.90 Å². The van der Waals surface area contributed by atoms with Crippen LogP contribution in [0.25, 0.3) is 0 Å². The fraction of sp³-hybridized carbons (Fsp3) is 0.562. The first kappa shape index (κ1) is 14.9. The highest BCUT2D eigenvalue weighted by Gasteiger charge is 2.39. The van der Waals surface area contributed by atoms with Gasteiger partial charge >= 0.3 is 0 Å². The highest BCUT2D eigenvalue weighted by atomic mass is 16.3. The van der Waals surface area contributed by atoms with Gasteiger partial charge in [0.25, 0.3) is 0 Å². The zero-order valence-corrected chi connectivity index (χ0v) is 12.1.